The highest BCUT2D eigenvalue weighted by Gasteiger charge is 2.47. The zero-order chi connectivity index (χ0) is 8.60. The molecular formula is C11H21N. The molecule has 1 atom stereocenters. The van der Waals surface area contributed by atoms with Crippen molar-refractivity contribution in [2.45, 2.75) is 51.5 Å². The third-order valence-electron chi connectivity index (χ3n) is 4.13. The van der Waals surface area contributed by atoms with E-state index in [4.69, 9.17) is 0 Å². The summed E-state index contributed by atoms with van der Waals surface area (Å²) in [5, 5.41) is 3.42. The van der Waals surface area contributed by atoms with E-state index >= 15 is 0 Å². The van der Waals surface area contributed by atoms with Gasteiger partial charge in [0.25, 0.3) is 0 Å². The highest BCUT2D eigenvalue weighted by atomic mass is 14.9. The first kappa shape index (κ1) is 8.55. The molecule has 0 aromatic rings. The molecule has 2 rings (SSSR count). The van der Waals surface area contributed by atoms with Gasteiger partial charge in [0.05, 0.1) is 0 Å². The molecule has 0 saturated heterocycles. The number of rotatable bonds is 2. The van der Waals surface area contributed by atoms with Crippen molar-refractivity contribution in [1.82, 2.24) is 5.32 Å². The normalized spacial score (nSPS) is 46.5. The Hall–Kier alpha value is -0.0400. The Bertz CT molecular complexity index is 158. The summed E-state index contributed by atoms with van der Waals surface area (Å²) >= 11 is 0. The zero-order valence-corrected chi connectivity index (χ0v) is 8.40. The number of hydrogen-bond donors (Lipinski definition) is 1. The molecule has 2 aliphatic rings. The molecule has 1 unspecified atom stereocenters. The molecule has 2 fully saturated rings. The summed E-state index contributed by atoms with van der Waals surface area (Å²) in [4.78, 5) is 0. The lowest BCUT2D eigenvalue weighted by Gasteiger charge is -2.45. The van der Waals surface area contributed by atoms with Crippen molar-refractivity contribution in [2.75, 3.05) is 7.05 Å². The van der Waals surface area contributed by atoms with E-state index in [2.05, 4.69) is 19.3 Å². The fourth-order valence-corrected chi connectivity index (χ4v) is 3.28. The lowest BCUT2D eigenvalue weighted by atomic mass is 9.60. The summed E-state index contributed by atoms with van der Waals surface area (Å²) < 4.78 is 0. The van der Waals surface area contributed by atoms with Gasteiger partial charge >= 0.3 is 0 Å². The summed E-state index contributed by atoms with van der Waals surface area (Å²) in [6.07, 6.45) is 8.84. The van der Waals surface area contributed by atoms with Crippen molar-refractivity contribution >= 4 is 0 Å². The summed E-state index contributed by atoms with van der Waals surface area (Å²) in [6, 6.07) is 0.836. The zero-order valence-electron chi connectivity index (χ0n) is 8.40. The Labute approximate surface area is 75.9 Å². The molecule has 0 radical (unpaired) electrons. The van der Waals surface area contributed by atoms with Crippen LogP contribution in [0.5, 0.6) is 0 Å². The third-order valence-corrected chi connectivity index (χ3v) is 4.13. The van der Waals surface area contributed by atoms with Crippen LogP contribution in [0.2, 0.25) is 0 Å². The molecule has 0 heterocycles. The topological polar surface area (TPSA) is 12.0 Å². The maximum absolute atomic E-state index is 3.42. The Morgan fingerprint density at radius 2 is 2.08 bits per heavy atom. The molecule has 0 aromatic heterocycles. The highest BCUT2D eigenvalue weighted by molar-refractivity contribution is 5.00. The summed E-state index contributed by atoms with van der Waals surface area (Å²) in [5.74, 6) is 1.07. The van der Waals surface area contributed by atoms with Crippen molar-refractivity contribution in [2.24, 2.45) is 11.3 Å². The largest absolute Gasteiger partial charge is 0.317 e. The minimum absolute atomic E-state index is 0.800. The molecule has 2 aliphatic carbocycles. The second-order valence-corrected chi connectivity index (χ2v) is 4.91. The van der Waals surface area contributed by atoms with Crippen LogP contribution in [0.4, 0.5) is 0 Å². The first-order valence-corrected chi connectivity index (χ1v) is 5.45. The van der Waals surface area contributed by atoms with Gasteiger partial charge in [0.1, 0.15) is 0 Å². The quantitative estimate of drug-likeness (QED) is 0.666. The Kier molecular flexibility index (Phi) is 2.16. The lowest BCUT2D eigenvalue weighted by molar-refractivity contribution is 0.0574. The molecule has 0 aliphatic heterocycles. The molecule has 0 amide bonds. The fourth-order valence-electron chi connectivity index (χ4n) is 3.28. The van der Waals surface area contributed by atoms with Gasteiger partial charge in [-0.3, -0.25) is 0 Å². The van der Waals surface area contributed by atoms with Crippen LogP contribution >= 0.6 is 0 Å². The molecule has 1 N–H and O–H groups in total. The SMILES string of the molecule is CCC1CC2(CCC(NC)C2)C1. The smallest absolute Gasteiger partial charge is 0.00695 e. The van der Waals surface area contributed by atoms with Gasteiger partial charge in [0.2, 0.25) is 0 Å². The molecule has 1 nitrogen and oxygen atoms in total. The van der Waals surface area contributed by atoms with Crippen molar-refractivity contribution < 1.29 is 0 Å². The van der Waals surface area contributed by atoms with E-state index in [0.29, 0.717) is 0 Å². The predicted octanol–water partition coefficient (Wildman–Crippen LogP) is 2.56. The molecule has 1 spiro atoms. The van der Waals surface area contributed by atoms with Crippen LogP contribution in [0.1, 0.15) is 45.4 Å². The predicted molar refractivity (Wildman–Crippen MR) is 52.1 cm³/mol. The van der Waals surface area contributed by atoms with Gasteiger partial charge < -0.3 is 5.32 Å². The Balaban J connectivity index is 1.84. The van der Waals surface area contributed by atoms with Crippen molar-refractivity contribution in [3.8, 4) is 0 Å². The molecular weight excluding hydrogens is 146 g/mol. The number of nitrogens with one attached hydrogen (secondary N) is 1. The van der Waals surface area contributed by atoms with Gasteiger partial charge in [-0.1, -0.05) is 13.3 Å². The van der Waals surface area contributed by atoms with Crippen LogP contribution in [-0.4, -0.2) is 13.1 Å². The number of hydrogen-bond acceptors (Lipinski definition) is 1. The van der Waals surface area contributed by atoms with Crippen LogP contribution in [0, 0.1) is 11.3 Å². The van der Waals surface area contributed by atoms with E-state index in [0.717, 1.165) is 17.4 Å². The van der Waals surface area contributed by atoms with Gasteiger partial charge in [-0.25, -0.2) is 0 Å². The standard InChI is InChI=1S/C11H21N/c1-3-9-6-11(7-9)5-4-10(8-11)12-2/h9-10,12H,3-8H2,1-2H3. The molecule has 0 aromatic carbocycles. The summed E-state index contributed by atoms with van der Waals surface area (Å²) in [5.41, 5.74) is 0.800. The van der Waals surface area contributed by atoms with E-state index in [1.54, 1.807) is 0 Å². The van der Waals surface area contributed by atoms with Crippen LogP contribution in [-0.2, 0) is 0 Å². The average Bonchev–Trinajstić information content (AvgIpc) is 2.45. The van der Waals surface area contributed by atoms with Crippen molar-refractivity contribution in [3.63, 3.8) is 0 Å². The van der Waals surface area contributed by atoms with Crippen LogP contribution in [0.15, 0.2) is 0 Å². The van der Waals surface area contributed by atoms with Crippen LogP contribution in [0.3, 0.4) is 0 Å². The van der Waals surface area contributed by atoms with Gasteiger partial charge in [0, 0.05) is 6.04 Å². The Morgan fingerprint density at radius 3 is 2.58 bits per heavy atom. The highest BCUT2D eigenvalue weighted by Crippen LogP contribution is 2.56. The van der Waals surface area contributed by atoms with Gasteiger partial charge in [-0.2, -0.15) is 0 Å². The first-order valence-electron chi connectivity index (χ1n) is 5.45. The minimum atomic E-state index is 0.800. The molecule has 70 valence electrons. The van der Waals surface area contributed by atoms with E-state index in [1.165, 1.54) is 38.5 Å². The average molecular weight is 167 g/mol. The second kappa shape index (κ2) is 3.02. The van der Waals surface area contributed by atoms with E-state index in [9.17, 15) is 0 Å². The summed E-state index contributed by atoms with van der Waals surface area (Å²) in [7, 11) is 2.11. The van der Waals surface area contributed by atoms with E-state index < -0.39 is 0 Å². The minimum Gasteiger partial charge on any atom is -0.317 e. The fraction of sp³-hybridized carbons (Fsp3) is 1.00. The third kappa shape index (κ3) is 1.28. The second-order valence-electron chi connectivity index (χ2n) is 4.91. The van der Waals surface area contributed by atoms with E-state index in [1.807, 2.05) is 0 Å². The van der Waals surface area contributed by atoms with E-state index in [-0.39, 0.29) is 0 Å². The van der Waals surface area contributed by atoms with Crippen molar-refractivity contribution in [1.29, 1.82) is 0 Å². The first-order chi connectivity index (χ1) is 5.78. The molecule has 0 bridgehead atoms. The van der Waals surface area contributed by atoms with Crippen LogP contribution < -0.4 is 5.32 Å². The Morgan fingerprint density at radius 1 is 1.33 bits per heavy atom. The lowest BCUT2D eigenvalue weighted by Crippen LogP contribution is -2.36. The van der Waals surface area contributed by atoms with Crippen LogP contribution in [0.25, 0.3) is 0 Å². The van der Waals surface area contributed by atoms with Gasteiger partial charge in [-0.15, -0.1) is 0 Å². The van der Waals surface area contributed by atoms with Gasteiger partial charge in [-0.05, 0) is 50.5 Å². The maximum atomic E-state index is 3.42. The summed E-state index contributed by atoms with van der Waals surface area (Å²) in [6.45, 7) is 2.34. The maximum Gasteiger partial charge on any atom is 0.00695 e. The molecule has 2 saturated carbocycles. The van der Waals surface area contributed by atoms with Crippen molar-refractivity contribution in [3.05, 3.63) is 0 Å². The molecule has 12 heavy (non-hydrogen) atoms. The monoisotopic (exact) mass is 167 g/mol. The molecule has 1 heteroatoms. The van der Waals surface area contributed by atoms with Gasteiger partial charge in [0.15, 0.2) is 0 Å².